The smallest absolute Gasteiger partial charge is 0.280 e. The predicted molar refractivity (Wildman–Crippen MR) is 86.0 cm³/mol. The molecule has 0 aliphatic heterocycles. The maximum atomic E-state index is 12.7. The van der Waals surface area contributed by atoms with E-state index in [4.69, 9.17) is 0 Å². The summed E-state index contributed by atoms with van der Waals surface area (Å²) in [6.45, 7) is 4.86. The zero-order chi connectivity index (χ0) is 14.8. The van der Waals surface area contributed by atoms with Crippen molar-refractivity contribution < 1.29 is 0 Å². The summed E-state index contributed by atoms with van der Waals surface area (Å²) >= 11 is 1.61. The number of hydrogen-bond acceptors (Lipinski definition) is 4. The summed E-state index contributed by atoms with van der Waals surface area (Å²) in [5, 5.41) is 0.793. The highest BCUT2D eigenvalue weighted by Crippen LogP contribution is 2.33. The third-order valence-corrected chi connectivity index (χ3v) is 4.92. The lowest BCUT2D eigenvalue weighted by molar-refractivity contribution is 0.583. The zero-order valence-electron chi connectivity index (χ0n) is 12.7. The summed E-state index contributed by atoms with van der Waals surface area (Å²) in [6, 6.07) is 0. The molecule has 1 aliphatic carbocycles. The van der Waals surface area contributed by atoms with E-state index in [1.807, 2.05) is 0 Å². The van der Waals surface area contributed by atoms with E-state index >= 15 is 0 Å². The Morgan fingerprint density at radius 2 is 2.05 bits per heavy atom. The number of rotatable bonds is 5. The van der Waals surface area contributed by atoms with Crippen molar-refractivity contribution in [2.75, 3.05) is 5.75 Å². The van der Waals surface area contributed by atoms with Gasteiger partial charge in [-0.15, -0.1) is 0 Å². The van der Waals surface area contributed by atoms with Crippen LogP contribution < -0.4 is 5.56 Å². The topological polar surface area (TPSA) is 63.6 Å². The van der Waals surface area contributed by atoms with E-state index in [1.54, 1.807) is 16.3 Å². The lowest BCUT2D eigenvalue weighted by Crippen LogP contribution is -2.23. The molecular weight excluding hydrogens is 284 g/mol. The van der Waals surface area contributed by atoms with E-state index in [0.717, 1.165) is 23.2 Å². The average molecular weight is 306 g/mol. The molecule has 0 amide bonds. The number of nitrogens with one attached hydrogen (secondary N) is 1. The lowest BCUT2D eigenvalue weighted by Gasteiger charge is -2.09. The monoisotopic (exact) mass is 306 g/mol. The van der Waals surface area contributed by atoms with Crippen LogP contribution in [0.1, 0.15) is 57.7 Å². The largest absolute Gasteiger partial charge is 0.336 e. The molecule has 3 rings (SSSR count). The van der Waals surface area contributed by atoms with E-state index < -0.39 is 0 Å². The number of nitrogens with zero attached hydrogens (tertiary/aromatic N) is 3. The number of imidazole rings is 1. The average Bonchev–Trinajstić information content (AvgIpc) is 3.11. The van der Waals surface area contributed by atoms with Crippen LogP contribution in [0.25, 0.3) is 11.2 Å². The number of H-pyrrole nitrogens is 1. The fraction of sp³-hybridized carbons (Fsp3) is 0.667. The normalized spacial score (nSPS) is 16.1. The molecule has 2 heterocycles. The summed E-state index contributed by atoms with van der Waals surface area (Å²) in [6.07, 6.45) is 5.77. The zero-order valence-corrected chi connectivity index (χ0v) is 13.5. The second-order valence-corrected chi connectivity index (χ2v) is 6.82. The first-order valence-electron chi connectivity index (χ1n) is 7.87. The molecule has 0 saturated heterocycles. The van der Waals surface area contributed by atoms with Gasteiger partial charge in [0.05, 0.1) is 0 Å². The Kier molecular flexibility index (Phi) is 4.33. The van der Waals surface area contributed by atoms with Crippen LogP contribution in [0, 0.1) is 0 Å². The van der Waals surface area contributed by atoms with Gasteiger partial charge in [0.15, 0.2) is 16.3 Å². The molecule has 1 fully saturated rings. The minimum Gasteiger partial charge on any atom is -0.336 e. The highest BCUT2D eigenvalue weighted by atomic mass is 32.2. The third kappa shape index (κ3) is 2.73. The number of thioether (sulfide) groups is 1. The van der Waals surface area contributed by atoms with Crippen molar-refractivity contribution in [3.63, 3.8) is 0 Å². The number of aromatic nitrogens is 4. The molecule has 1 aliphatic rings. The molecule has 1 saturated carbocycles. The summed E-state index contributed by atoms with van der Waals surface area (Å²) in [5.41, 5.74) is 1.19. The molecule has 5 nitrogen and oxygen atoms in total. The summed E-state index contributed by atoms with van der Waals surface area (Å²) in [4.78, 5) is 25.2. The van der Waals surface area contributed by atoms with Gasteiger partial charge in [0.2, 0.25) is 0 Å². The van der Waals surface area contributed by atoms with E-state index in [1.165, 1.54) is 25.7 Å². The van der Waals surface area contributed by atoms with Crippen molar-refractivity contribution in [2.24, 2.45) is 0 Å². The van der Waals surface area contributed by atoms with Crippen molar-refractivity contribution >= 4 is 22.9 Å². The van der Waals surface area contributed by atoms with Gasteiger partial charge >= 0.3 is 0 Å². The van der Waals surface area contributed by atoms with Gasteiger partial charge in [-0.1, -0.05) is 38.5 Å². The van der Waals surface area contributed by atoms with Gasteiger partial charge in [0.25, 0.3) is 5.56 Å². The Hall–Kier alpha value is -1.30. The Morgan fingerprint density at radius 3 is 2.71 bits per heavy atom. The fourth-order valence-electron chi connectivity index (χ4n) is 3.04. The summed E-state index contributed by atoms with van der Waals surface area (Å²) in [5.74, 6) is 2.33. The van der Waals surface area contributed by atoms with Gasteiger partial charge in [0.1, 0.15) is 5.82 Å². The molecule has 0 radical (unpaired) electrons. The van der Waals surface area contributed by atoms with Crippen LogP contribution in [0.4, 0.5) is 0 Å². The highest BCUT2D eigenvalue weighted by Gasteiger charge is 2.22. The van der Waals surface area contributed by atoms with Crippen LogP contribution >= 0.6 is 11.8 Å². The van der Waals surface area contributed by atoms with Gasteiger partial charge < -0.3 is 4.98 Å². The van der Waals surface area contributed by atoms with Gasteiger partial charge in [-0.3, -0.25) is 9.36 Å². The fourth-order valence-corrected chi connectivity index (χ4v) is 3.78. The van der Waals surface area contributed by atoms with Crippen LogP contribution in [-0.4, -0.2) is 25.3 Å². The minimum absolute atomic E-state index is 0.0227. The van der Waals surface area contributed by atoms with E-state index in [-0.39, 0.29) is 5.56 Å². The Bertz CT molecular complexity index is 685. The van der Waals surface area contributed by atoms with Crippen LogP contribution in [0.5, 0.6) is 0 Å². The molecule has 6 heteroatoms. The van der Waals surface area contributed by atoms with Crippen LogP contribution in [0.3, 0.4) is 0 Å². The minimum atomic E-state index is 0.0227. The molecule has 0 bridgehead atoms. The SMILES string of the molecule is CCCn1c(SCC)nc2nc(C3CCCC3)[nH]c2c1=O. The maximum absolute atomic E-state index is 12.7. The molecule has 21 heavy (non-hydrogen) atoms. The first-order chi connectivity index (χ1) is 10.2. The standard InChI is InChI=1S/C15H22N4OS/c1-3-9-19-14(20)11-13(18-15(19)21-4-2)17-12(16-11)10-7-5-6-8-10/h10H,3-9H2,1-2H3,(H,16,17). The Balaban J connectivity index is 2.10. The second-order valence-electron chi connectivity index (χ2n) is 5.59. The van der Waals surface area contributed by atoms with E-state index in [2.05, 4.69) is 28.8 Å². The summed E-state index contributed by atoms with van der Waals surface area (Å²) in [7, 11) is 0. The highest BCUT2D eigenvalue weighted by molar-refractivity contribution is 7.99. The van der Waals surface area contributed by atoms with Crippen molar-refractivity contribution in [2.45, 2.75) is 63.6 Å². The molecule has 0 atom stereocenters. The second kappa shape index (κ2) is 6.22. The van der Waals surface area contributed by atoms with Crippen LogP contribution in [-0.2, 0) is 6.54 Å². The van der Waals surface area contributed by atoms with Gasteiger partial charge in [-0.05, 0) is 25.0 Å². The van der Waals surface area contributed by atoms with E-state index in [0.29, 0.717) is 23.6 Å². The molecule has 114 valence electrons. The van der Waals surface area contributed by atoms with Crippen molar-refractivity contribution in [1.29, 1.82) is 0 Å². The molecule has 2 aromatic rings. The van der Waals surface area contributed by atoms with Crippen molar-refractivity contribution in [1.82, 2.24) is 19.5 Å². The molecule has 0 spiro atoms. The quantitative estimate of drug-likeness (QED) is 0.680. The predicted octanol–water partition coefficient (Wildman–Crippen LogP) is 3.30. The molecular formula is C15H22N4OS. The Labute approximate surface area is 128 Å². The number of hydrogen-bond donors (Lipinski definition) is 1. The first kappa shape index (κ1) is 14.6. The maximum Gasteiger partial charge on any atom is 0.280 e. The van der Waals surface area contributed by atoms with Crippen LogP contribution in [0.2, 0.25) is 0 Å². The van der Waals surface area contributed by atoms with E-state index in [9.17, 15) is 4.79 Å². The van der Waals surface area contributed by atoms with Crippen molar-refractivity contribution in [3.8, 4) is 0 Å². The molecule has 2 aromatic heterocycles. The van der Waals surface area contributed by atoms with Gasteiger partial charge in [-0.2, -0.15) is 0 Å². The first-order valence-corrected chi connectivity index (χ1v) is 8.86. The lowest BCUT2D eigenvalue weighted by atomic mass is 10.1. The van der Waals surface area contributed by atoms with Gasteiger partial charge in [0, 0.05) is 12.5 Å². The third-order valence-electron chi connectivity index (χ3n) is 4.06. The van der Waals surface area contributed by atoms with Crippen molar-refractivity contribution in [3.05, 3.63) is 16.2 Å². The number of fused-ring (bicyclic) bond motifs is 1. The molecule has 0 unspecified atom stereocenters. The number of aromatic amines is 1. The molecule has 0 aromatic carbocycles. The Morgan fingerprint density at radius 1 is 1.29 bits per heavy atom. The molecule has 1 N–H and O–H groups in total. The van der Waals surface area contributed by atoms with Gasteiger partial charge in [-0.25, -0.2) is 9.97 Å². The van der Waals surface area contributed by atoms with Crippen LogP contribution in [0.15, 0.2) is 9.95 Å². The summed E-state index contributed by atoms with van der Waals surface area (Å²) < 4.78 is 1.78.